The molecule has 0 spiro atoms. The van der Waals surface area contributed by atoms with Crippen LogP contribution in [0.25, 0.3) is 0 Å². The van der Waals surface area contributed by atoms with Crippen molar-refractivity contribution in [2.75, 3.05) is 4.43 Å². The maximum atomic E-state index is 5.98. The van der Waals surface area contributed by atoms with E-state index in [1.165, 1.54) is 11.3 Å². The molecule has 14 heavy (non-hydrogen) atoms. The van der Waals surface area contributed by atoms with Crippen molar-refractivity contribution in [1.82, 2.24) is 4.98 Å². The van der Waals surface area contributed by atoms with Gasteiger partial charge in [-0.3, -0.25) is 0 Å². The summed E-state index contributed by atoms with van der Waals surface area (Å²) in [7, 11) is 0. The van der Waals surface area contributed by atoms with Crippen LogP contribution in [0.5, 0.6) is 0 Å². The molecule has 2 heterocycles. The van der Waals surface area contributed by atoms with Gasteiger partial charge in [-0.15, -0.1) is 11.3 Å². The Kier molecular flexibility index (Phi) is 3.36. The van der Waals surface area contributed by atoms with Gasteiger partial charge in [0, 0.05) is 4.43 Å². The Morgan fingerprint density at radius 2 is 2.64 bits per heavy atom. The van der Waals surface area contributed by atoms with E-state index in [1.807, 2.05) is 0 Å². The summed E-state index contributed by atoms with van der Waals surface area (Å²) in [5.74, 6) is 0. The predicted molar refractivity (Wildman–Crippen MR) is 67.5 cm³/mol. The quantitative estimate of drug-likeness (QED) is 0.601. The summed E-state index contributed by atoms with van der Waals surface area (Å²) in [5, 5.41) is 1.02. The molecule has 1 aromatic rings. The molecule has 0 N–H and O–H groups in total. The molecule has 0 radical (unpaired) electrons. The van der Waals surface area contributed by atoms with Crippen molar-refractivity contribution in [3.8, 4) is 0 Å². The van der Waals surface area contributed by atoms with Gasteiger partial charge in [0.15, 0.2) is 0 Å². The Balaban J connectivity index is 2.09. The van der Waals surface area contributed by atoms with Crippen LogP contribution in [0.3, 0.4) is 0 Å². The number of alkyl halides is 1. The van der Waals surface area contributed by atoms with Crippen molar-refractivity contribution in [3.63, 3.8) is 0 Å². The third-order valence-electron chi connectivity index (χ3n) is 2.42. The van der Waals surface area contributed by atoms with Crippen molar-refractivity contribution < 1.29 is 4.74 Å². The molecule has 1 fully saturated rings. The van der Waals surface area contributed by atoms with Gasteiger partial charge in [0.2, 0.25) is 0 Å². The SMILES string of the molecule is CC1(CI)CCC(c2ncc(Cl)s2)O1. The third-order valence-corrected chi connectivity index (χ3v) is 5.24. The zero-order valence-electron chi connectivity index (χ0n) is 7.80. The topological polar surface area (TPSA) is 22.1 Å². The summed E-state index contributed by atoms with van der Waals surface area (Å²) in [6.45, 7) is 2.16. The van der Waals surface area contributed by atoms with Gasteiger partial charge in [-0.05, 0) is 19.8 Å². The highest BCUT2D eigenvalue weighted by Gasteiger charge is 2.36. The molecule has 0 aromatic carbocycles. The van der Waals surface area contributed by atoms with E-state index in [9.17, 15) is 0 Å². The minimum Gasteiger partial charge on any atom is -0.364 e. The second-order valence-corrected chi connectivity index (χ2v) is 6.19. The molecule has 2 atom stereocenters. The maximum Gasteiger partial charge on any atom is 0.123 e. The highest BCUT2D eigenvalue weighted by Crippen LogP contribution is 2.41. The van der Waals surface area contributed by atoms with Crippen LogP contribution in [0.1, 0.15) is 30.9 Å². The Labute approximate surface area is 106 Å². The molecule has 0 aliphatic carbocycles. The lowest BCUT2D eigenvalue weighted by Gasteiger charge is -2.21. The number of ether oxygens (including phenoxy) is 1. The first-order valence-corrected chi connectivity index (χ1v) is 7.20. The number of nitrogens with zero attached hydrogens (tertiary/aromatic N) is 1. The zero-order chi connectivity index (χ0) is 10.2. The summed E-state index contributed by atoms with van der Waals surface area (Å²) in [6, 6.07) is 0. The van der Waals surface area contributed by atoms with Crippen molar-refractivity contribution >= 4 is 45.5 Å². The van der Waals surface area contributed by atoms with Crippen LogP contribution in [0.2, 0.25) is 4.34 Å². The Morgan fingerprint density at radius 3 is 3.14 bits per heavy atom. The minimum absolute atomic E-state index is 0.0311. The molecule has 2 rings (SSSR count). The van der Waals surface area contributed by atoms with E-state index in [2.05, 4.69) is 34.5 Å². The van der Waals surface area contributed by atoms with E-state index < -0.39 is 0 Å². The fourth-order valence-corrected chi connectivity index (χ4v) is 3.14. The van der Waals surface area contributed by atoms with Crippen LogP contribution in [0, 0.1) is 0 Å². The van der Waals surface area contributed by atoms with E-state index in [0.29, 0.717) is 0 Å². The van der Waals surface area contributed by atoms with Gasteiger partial charge in [-0.25, -0.2) is 4.98 Å². The first kappa shape index (κ1) is 11.1. The monoisotopic (exact) mass is 343 g/mol. The lowest BCUT2D eigenvalue weighted by atomic mass is 10.1. The molecule has 0 saturated carbocycles. The average Bonchev–Trinajstić information content (AvgIpc) is 2.73. The van der Waals surface area contributed by atoms with Gasteiger partial charge in [0.05, 0.1) is 11.8 Å². The molecule has 0 bridgehead atoms. The van der Waals surface area contributed by atoms with Crippen LogP contribution in [0.15, 0.2) is 6.20 Å². The summed E-state index contributed by atoms with van der Waals surface area (Å²) < 4.78 is 7.75. The van der Waals surface area contributed by atoms with E-state index >= 15 is 0 Å². The number of thiazole rings is 1. The first-order valence-electron chi connectivity index (χ1n) is 4.48. The number of hydrogen-bond donors (Lipinski definition) is 0. The van der Waals surface area contributed by atoms with Gasteiger partial charge in [0.25, 0.3) is 0 Å². The van der Waals surface area contributed by atoms with Crippen molar-refractivity contribution in [2.24, 2.45) is 0 Å². The van der Waals surface area contributed by atoms with Crippen LogP contribution < -0.4 is 0 Å². The molecule has 1 aliphatic rings. The Bertz CT molecular complexity index is 332. The lowest BCUT2D eigenvalue weighted by molar-refractivity contribution is -0.0110. The molecule has 1 saturated heterocycles. The van der Waals surface area contributed by atoms with E-state index in [0.717, 1.165) is 26.6 Å². The zero-order valence-corrected chi connectivity index (χ0v) is 11.5. The fourth-order valence-electron chi connectivity index (χ4n) is 1.59. The molecule has 2 unspecified atom stereocenters. The maximum absolute atomic E-state index is 5.98. The Morgan fingerprint density at radius 1 is 1.86 bits per heavy atom. The first-order chi connectivity index (χ1) is 6.63. The van der Waals surface area contributed by atoms with E-state index in [-0.39, 0.29) is 11.7 Å². The van der Waals surface area contributed by atoms with Crippen molar-refractivity contribution in [1.29, 1.82) is 0 Å². The number of hydrogen-bond acceptors (Lipinski definition) is 3. The molecule has 2 nitrogen and oxygen atoms in total. The van der Waals surface area contributed by atoms with Gasteiger partial charge >= 0.3 is 0 Å². The molecule has 78 valence electrons. The van der Waals surface area contributed by atoms with Gasteiger partial charge in [0.1, 0.15) is 15.4 Å². The molecular formula is C9H11ClINOS. The summed E-state index contributed by atoms with van der Waals surface area (Å²) in [4.78, 5) is 4.26. The Hall–Kier alpha value is 0.610. The van der Waals surface area contributed by atoms with Gasteiger partial charge in [-0.2, -0.15) is 0 Å². The van der Waals surface area contributed by atoms with E-state index in [4.69, 9.17) is 16.3 Å². The van der Waals surface area contributed by atoms with E-state index in [1.54, 1.807) is 6.20 Å². The number of aromatic nitrogens is 1. The van der Waals surface area contributed by atoms with Crippen LogP contribution in [-0.4, -0.2) is 15.0 Å². The summed E-state index contributed by atoms with van der Waals surface area (Å²) >= 11 is 9.74. The summed E-state index contributed by atoms with van der Waals surface area (Å²) in [5.41, 5.74) is 0.0311. The summed E-state index contributed by atoms with van der Waals surface area (Å²) in [6.07, 6.45) is 4.03. The van der Waals surface area contributed by atoms with Crippen LogP contribution in [0.4, 0.5) is 0 Å². The number of rotatable bonds is 2. The van der Waals surface area contributed by atoms with Gasteiger partial charge < -0.3 is 4.74 Å². The highest BCUT2D eigenvalue weighted by atomic mass is 127. The predicted octanol–water partition coefficient (Wildman–Crippen LogP) is 3.84. The second-order valence-electron chi connectivity index (χ2n) is 3.73. The molecule has 5 heteroatoms. The molecular weight excluding hydrogens is 333 g/mol. The standard InChI is InChI=1S/C9H11ClINOS/c1-9(5-11)3-2-6(13-9)8-12-4-7(10)14-8/h4,6H,2-3,5H2,1H3. The average molecular weight is 344 g/mol. The second kappa shape index (κ2) is 4.23. The lowest BCUT2D eigenvalue weighted by Crippen LogP contribution is -2.24. The van der Waals surface area contributed by atoms with Crippen LogP contribution in [-0.2, 0) is 4.74 Å². The smallest absolute Gasteiger partial charge is 0.123 e. The third kappa shape index (κ3) is 2.23. The van der Waals surface area contributed by atoms with Crippen molar-refractivity contribution in [3.05, 3.63) is 15.5 Å². The van der Waals surface area contributed by atoms with Crippen LogP contribution >= 0.6 is 45.5 Å². The fraction of sp³-hybridized carbons (Fsp3) is 0.667. The normalized spacial score (nSPS) is 32.4. The van der Waals surface area contributed by atoms with Gasteiger partial charge in [-0.1, -0.05) is 34.2 Å². The largest absolute Gasteiger partial charge is 0.364 e. The highest BCUT2D eigenvalue weighted by molar-refractivity contribution is 14.1. The molecule has 1 aliphatic heterocycles. The number of halogens is 2. The molecule has 1 aromatic heterocycles. The molecule has 0 amide bonds. The minimum atomic E-state index is 0.0311. The van der Waals surface area contributed by atoms with Crippen molar-refractivity contribution in [2.45, 2.75) is 31.5 Å².